The van der Waals surface area contributed by atoms with Gasteiger partial charge in [-0.1, -0.05) is 37.1 Å². The van der Waals surface area contributed by atoms with Crippen LogP contribution in [0.25, 0.3) is 5.32 Å². The molecule has 2 saturated heterocycles. The van der Waals surface area contributed by atoms with Crippen LogP contribution in [-0.2, 0) is 34.2 Å². The molecule has 0 bridgehead atoms. The number of nitrogens with zero attached hydrogens (tertiary/aromatic N) is 3. The first-order valence-corrected chi connectivity index (χ1v) is 11.5. The first-order chi connectivity index (χ1) is 14.8. The Morgan fingerprint density at radius 1 is 0.871 bits per heavy atom. The van der Waals surface area contributed by atoms with Crippen molar-refractivity contribution in [1.82, 2.24) is 9.80 Å². The number of allylic oxidation sites excluding steroid dienone is 2. The molecule has 4 rings (SSSR count). The molecule has 3 aliphatic rings. The molecule has 1 unspecified atom stereocenters. The molecule has 0 aliphatic carbocycles. The predicted molar refractivity (Wildman–Crippen MR) is 122 cm³/mol. The summed E-state index contributed by atoms with van der Waals surface area (Å²) >= 11 is 0. The topological polar surface area (TPSA) is 61.0 Å². The van der Waals surface area contributed by atoms with E-state index in [1.165, 1.54) is 75.8 Å². The standard InChI is InChI=1S/C18H27N2.C7H10NO2.Pt/c1-3-10-19(11-4-1)15-17-8-7-9-18(14-17)16-20-12-5-2-6-13-20;9-4-6-2-1-3-7(5-10)8-6;/h7-9H,1-6,10-13,15-16H2;1-3,6,9-10H,4-5H2;/q2*-1;. The molecule has 0 saturated carbocycles. The van der Waals surface area contributed by atoms with Gasteiger partial charge < -0.3 is 25.3 Å². The first-order valence-electron chi connectivity index (χ1n) is 11.5. The second-order valence-corrected chi connectivity index (χ2v) is 8.45. The second-order valence-electron chi connectivity index (χ2n) is 8.45. The second kappa shape index (κ2) is 15.0. The van der Waals surface area contributed by atoms with E-state index in [4.69, 9.17) is 10.2 Å². The van der Waals surface area contributed by atoms with E-state index in [0.29, 0.717) is 5.70 Å². The third-order valence-corrected chi connectivity index (χ3v) is 5.90. The maximum absolute atomic E-state index is 8.65. The molecule has 1 atom stereocenters. The van der Waals surface area contributed by atoms with Crippen LogP contribution in [0.5, 0.6) is 0 Å². The number of rotatable bonds is 6. The van der Waals surface area contributed by atoms with Crippen molar-refractivity contribution in [3.8, 4) is 0 Å². The SMILES string of the molecule is OCC1=CC=CC(CO)[N-]1.[Pt].[c-]1c(CN2CCCCC2)cccc1CN1CCCCC1. The Kier molecular flexibility index (Phi) is 12.7. The van der Waals surface area contributed by atoms with Gasteiger partial charge in [0.2, 0.25) is 0 Å². The van der Waals surface area contributed by atoms with E-state index in [-0.39, 0.29) is 40.3 Å². The van der Waals surface area contributed by atoms with Crippen LogP contribution in [0, 0.1) is 6.07 Å². The number of likely N-dealkylation sites (tertiary alicyclic amines) is 2. The van der Waals surface area contributed by atoms with Gasteiger partial charge in [0.1, 0.15) is 0 Å². The Morgan fingerprint density at radius 3 is 1.90 bits per heavy atom. The van der Waals surface area contributed by atoms with E-state index >= 15 is 0 Å². The van der Waals surface area contributed by atoms with Crippen LogP contribution in [0.3, 0.4) is 0 Å². The van der Waals surface area contributed by atoms with Gasteiger partial charge in [-0.3, -0.25) is 0 Å². The number of benzene rings is 1. The van der Waals surface area contributed by atoms with Crippen LogP contribution < -0.4 is 0 Å². The van der Waals surface area contributed by atoms with Gasteiger partial charge in [-0.25, -0.2) is 0 Å². The molecule has 2 N–H and O–H groups in total. The molecule has 1 aromatic carbocycles. The molecule has 0 aromatic heterocycles. The molecule has 176 valence electrons. The molecular formula is C25H37N3O2Pt-2. The molecule has 1 aromatic rings. The Balaban J connectivity index is 0.000000264. The van der Waals surface area contributed by atoms with Gasteiger partial charge in [0, 0.05) is 47.4 Å². The normalized spacial score (nSPS) is 21.9. The molecule has 0 radical (unpaired) electrons. The van der Waals surface area contributed by atoms with Crippen molar-refractivity contribution in [3.63, 3.8) is 0 Å². The fourth-order valence-corrected chi connectivity index (χ4v) is 4.26. The predicted octanol–water partition coefficient (Wildman–Crippen LogP) is 3.62. The Hall–Kier alpha value is -0.972. The van der Waals surface area contributed by atoms with E-state index in [1.54, 1.807) is 18.2 Å². The van der Waals surface area contributed by atoms with Crippen molar-refractivity contribution in [2.75, 3.05) is 39.4 Å². The minimum atomic E-state index is -0.160. The fourth-order valence-electron chi connectivity index (χ4n) is 4.26. The summed E-state index contributed by atoms with van der Waals surface area (Å²) in [5.74, 6) is 0. The van der Waals surface area contributed by atoms with Crippen LogP contribution >= 0.6 is 0 Å². The summed E-state index contributed by atoms with van der Waals surface area (Å²) in [6.07, 6.45) is 13.6. The first kappa shape index (κ1) is 26.3. The summed E-state index contributed by atoms with van der Waals surface area (Å²) in [5, 5.41) is 21.3. The van der Waals surface area contributed by atoms with Crippen LogP contribution in [0.1, 0.15) is 49.7 Å². The average molecular weight is 607 g/mol. The molecule has 3 aliphatic heterocycles. The fraction of sp³-hybridized carbons (Fsp3) is 0.600. The number of aliphatic hydroxyl groups is 2. The maximum Gasteiger partial charge on any atom is 0.0478 e. The van der Waals surface area contributed by atoms with Gasteiger partial charge >= 0.3 is 0 Å². The van der Waals surface area contributed by atoms with Gasteiger partial charge in [-0.05, 0) is 51.9 Å². The van der Waals surface area contributed by atoms with E-state index < -0.39 is 0 Å². The number of hydrogen-bond donors (Lipinski definition) is 2. The Morgan fingerprint density at radius 2 is 1.42 bits per heavy atom. The summed E-state index contributed by atoms with van der Waals surface area (Å²) in [4.78, 5) is 5.17. The summed E-state index contributed by atoms with van der Waals surface area (Å²) < 4.78 is 0. The minimum Gasteiger partial charge on any atom is -0.678 e. The number of aliphatic hydroxyl groups excluding tert-OH is 2. The zero-order valence-electron chi connectivity index (χ0n) is 18.5. The van der Waals surface area contributed by atoms with Gasteiger partial charge in [0.25, 0.3) is 0 Å². The van der Waals surface area contributed by atoms with Crippen molar-refractivity contribution in [2.45, 2.75) is 57.7 Å². The third-order valence-electron chi connectivity index (χ3n) is 5.90. The molecule has 31 heavy (non-hydrogen) atoms. The maximum atomic E-state index is 8.65. The van der Waals surface area contributed by atoms with E-state index in [1.807, 2.05) is 0 Å². The van der Waals surface area contributed by atoms with Crippen molar-refractivity contribution < 1.29 is 31.3 Å². The summed E-state index contributed by atoms with van der Waals surface area (Å²) in [6.45, 7) is 7.21. The third kappa shape index (κ3) is 9.59. The van der Waals surface area contributed by atoms with Crippen LogP contribution in [0.15, 0.2) is 42.1 Å². The summed E-state index contributed by atoms with van der Waals surface area (Å²) in [5.41, 5.74) is 3.38. The summed E-state index contributed by atoms with van der Waals surface area (Å²) in [7, 11) is 0. The largest absolute Gasteiger partial charge is 0.678 e. The van der Waals surface area contributed by atoms with Crippen molar-refractivity contribution in [1.29, 1.82) is 0 Å². The van der Waals surface area contributed by atoms with Crippen molar-refractivity contribution in [2.24, 2.45) is 0 Å². The molecule has 6 heteroatoms. The van der Waals surface area contributed by atoms with Gasteiger partial charge in [0.15, 0.2) is 0 Å². The molecule has 0 spiro atoms. The average Bonchev–Trinajstić information content (AvgIpc) is 2.81. The van der Waals surface area contributed by atoms with Crippen molar-refractivity contribution in [3.05, 3.63) is 64.6 Å². The van der Waals surface area contributed by atoms with Gasteiger partial charge in [-0.15, -0.1) is 16.8 Å². The van der Waals surface area contributed by atoms with E-state index in [0.717, 1.165) is 13.1 Å². The van der Waals surface area contributed by atoms with Crippen LogP contribution in [0.4, 0.5) is 0 Å². The Labute approximate surface area is 202 Å². The molecule has 0 amide bonds. The molecule has 5 nitrogen and oxygen atoms in total. The van der Waals surface area contributed by atoms with Crippen molar-refractivity contribution >= 4 is 0 Å². The number of piperidine rings is 2. The van der Waals surface area contributed by atoms with E-state index in [9.17, 15) is 0 Å². The molecule has 2 fully saturated rings. The smallest absolute Gasteiger partial charge is 0.0478 e. The Bertz CT molecular complexity index is 648. The van der Waals surface area contributed by atoms with E-state index in [2.05, 4.69) is 39.4 Å². The zero-order valence-corrected chi connectivity index (χ0v) is 20.8. The van der Waals surface area contributed by atoms with Gasteiger partial charge in [0.05, 0.1) is 0 Å². The van der Waals surface area contributed by atoms with Crippen LogP contribution in [0.2, 0.25) is 0 Å². The van der Waals surface area contributed by atoms with Gasteiger partial charge in [-0.2, -0.15) is 24.3 Å². The number of hydrogen-bond acceptors (Lipinski definition) is 4. The monoisotopic (exact) mass is 606 g/mol. The molecule has 3 heterocycles. The zero-order chi connectivity index (χ0) is 21.0. The minimum absolute atomic E-state index is 0. The molecular weight excluding hydrogens is 569 g/mol. The summed E-state index contributed by atoms with van der Waals surface area (Å²) in [6, 6.07) is 10.2. The van der Waals surface area contributed by atoms with Crippen LogP contribution in [-0.4, -0.2) is 65.4 Å². The quantitative estimate of drug-likeness (QED) is 0.486.